The van der Waals surface area contributed by atoms with Gasteiger partial charge in [0.15, 0.2) is 0 Å². The van der Waals surface area contributed by atoms with E-state index in [1.54, 1.807) is 0 Å². The van der Waals surface area contributed by atoms with Crippen molar-refractivity contribution in [2.24, 2.45) is 5.41 Å². The monoisotopic (exact) mass is 198 g/mol. The Kier molecular flexibility index (Phi) is 4.39. The number of carbonyl (C=O) groups is 1. The van der Waals surface area contributed by atoms with Gasteiger partial charge in [-0.3, -0.25) is 4.79 Å². The molecule has 2 heterocycles. The van der Waals surface area contributed by atoms with Crippen LogP contribution in [-0.2, 0) is 4.79 Å². The van der Waals surface area contributed by atoms with Crippen molar-refractivity contribution >= 4 is 5.91 Å². The predicted octanol–water partition coefficient (Wildman–Crippen LogP) is 1.29. The minimum absolute atomic E-state index is 0.253. The molecule has 0 radical (unpaired) electrons. The molecule has 3 nitrogen and oxygen atoms in total. The van der Waals surface area contributed by atoms with Crippen LogP contribution >= 0.6 is 0 Å². The lowest BCUT2D eigenvalue weighted by Gasteiger charge is -2.40. The Hall–Kier alpha value is -0.570. The maximum Gasteiger partial charge on any atom is 0.220 e. The first-order valence-electron chi connectivity index (χ1n) is 5.78. The average Bonchev–Trinajstić information content (AvgIpc) is 2.21. The van der Waals surface area contributed by atoms with E-state index >= 15 is 0 Å². The first-order chi connectivity index (χ1) is 6.81. The molecule has 0 aliphatic carbocycles. The van der Waals surface area contributed by atoms with Gasteiger partial charge in [0, 0.05) is 13.0 Å². The summed E-state index contributed by atoms with van der Waals surface area (Å²) in [5, 5.41) is 6.23. The normalized spacial score (nSPS) is 24.9. The summed E-state index contributed by atoms with van der Waals surface area (Å²) in [5.74, 6) is 0.253. The first-order valence-corrected chi connectivity index (χ1v) is 5.78. The summed E-state index contributed by atoms with van der Waals surface area (Å²) in [6.45, 7) is 7.07. The molecule has 82 valence electrons. The molecule has 0 aromatic rings. The summed E-state index contributed by atoms with van der Waals surface area (Å²) in [4.78, 5) is 11.2. The van der Waals surface area contributed by atoms with Crippen molar-refractivity contribution in [1.29, 1.82) is 0 Å². The quantitative estimate of drug-likeness (QED) is 0.616. The van der Waals surface area contributed by atoms with Gasteiger partial charge in [-0.15, -0.1) is 0 Å². The zero-order valence-electron chi connectivity index (χ0n) is 9.36. The zero-order chi connectivity index (χ0) is 10.4. The summed E-state index contributed by atoms with van der Waals surface area (Å²) in [6, 6.07) is 0. The molecule has 3 heteroatoms. The fourth-order valence-corrected chi connectivity index (χ4v) is 2.34. The van der Waals surface area contributed by atoms with E-state index in [9.17, 15) is 4.79 Å². The van der Waals surface area contributed by atoms with E-state index in [1.807, 2.05) is 13.8 Å². The second-order valence-corrected chi connectivity index (χ2v) is 4.03. The van der Waals surface area contributed by atoms with E-state index in [0.717, 1.165) is 26.1 Å². The van der Waals surface area contributed by atoms with Gasteiger partial charge in [-0.2, -0.15) is 0 Å². The molecule has 2 N–H and O–H groups in total. The first kappa shape index (κ1) is 11.5. The fourth-order valence-electron chi connectivity index (χ4n) is 2.34. The van der Waals surface area contributed by atoms with Crippen LogP contribution < -0.4 is 10.6 Å². The summed E-state index contributed by atoms with van der Waals surface area (Å²) < 4.78 is 0. The van der Waals surface area contributed by atoms with Gasteiger partial charge < -0.3 is 10.6 Å². The number of amides is 1. The summed E-state index contributed by atoms with van der Waals surface area (Å²) in [6.07, 6.45) is 4.30. The van der Waals surface area contributed by atoms with Crippen LogP contribution in [0.4, 0.5) is 0 Å². The number of hydrogen-bond donors (Lipinski definition) is 2. The van der Waals surface area contributed by atoms with Crippen molar-refractivity contribution < 1.29 is 4.79 Å². The average molecular weight is 198 g/mol. The Labute approximate surface area is 86.6 Å². The van der Waals surface area contributed by atoms with Crippen LogP contribution in [0.3, 0.4) is 0 Å². The Balaban J connectivity index is 0.000000461. The van der Waals surface area contributed by atoms with Crippen LogP contribution in [0.5, 0.6) is 0 Å². The molecule has 0 bridgehead atoms. The van der Waals surface area contributed by atoms with Gasteiger partial charge in [-0.25, -0.2) is 0 Å². The lowest BCUT2D eigenvalue weighted by atomic mass is 9.72. The maximum absolute atomic E-state index is 11.2. The van der Waals surface area contributed by atoms with Crippen molar-refractivity contribution in [2.75, 3.05) is 19.6 Å². The molecule has 0 aromatic heterocycles. The van der Waals surface area contributed by atoms with Gasteiger partial charge in [-0.1, -0.05) is 13.8 Å². The zero-order valence-corrected chi connectivity index (χ0v) is 9.36. The van der Waals surface area contributed by atoms with E-state index in [0.29, 0.717) is 5.41 Å². The highest BCUT2D eigenvalue weighted by molar-refractivity contribution is 5.77. The molecule has 2 aliphatic heterocycles. The van der Waals surface area contributed by atoms with Gasteiger partial charge in [0.2, 0.25) is 5.91 Å². The van der Waals surface area contributed by atoms with Crippen molar-refractivity contribution in [3.63, 3.8) is 0 Å². The third-order valence-electron chi connectivity index (χ3n) is 3.18. The van der Waals surface area contributed by atoms with Crippen molar-refractivity contribution in [3.8, 4) is 0 Å². The molecule has 2 fully saturated rings. The van der Waals surface area contributed by atoms with Crippen LogP contribution in [-0.4, -0.2) is 25.5 Å². The van der Waals surface area contributed by atoms with Gasteiger partial charge in [0.1, 0.15) is 0 Å². The third-order valence-corrected chi connectivity index (χ3v) is 3.18. The van der Waals surface area contributed by atoms with Gasteiger partial charge >= 0.3 is 0 Å². The molecule has 0 atom stereocenters. The van der Waals surface area contributed by atoms with Crippen LogP contribution in [0.1, 0.15) is 39.5 Å². The predicted molar refractivity (Wildman–Crippen MR) is 58.1 cm³/mol. The van der Waals surface area contributed by atoms with Crippen molar-refractivity contribution in [3.05, 3.63) is 0 Å². The number of hydrogen-bond acceptors (Lipinski definition) is 2. The van der Waals surface area contributed by atoms with E-state index in [-0.39, 0.29) is 5.91 Å². The van der Waals surface area contributed by atoms with E-state index in [2.05, 4.69) is 10.6 Å². The van der Waals surface area contributed by atoms with Crippen LogP contribution in [0.15, 0.2) is 0 Å². The molecular weight excluding hydrogens is 176 g/mol. The molecule has 2 saturated heterocycles. The second kappa shape index (κ2) is 5.35. The molecule has 0 saturated carbocycles. The molecule has 2 aliphatic rings. The molecule has 2 rings (SSSR count). The maximum atomic E-state index is 11.2. The van der Waals surface area contributed by atoms with Gasteiger partial charge in [0.05, 0.1) is 0 Å². The molecule has 0 aromatic carbocycles. The largest absolute Gasteiger partial charge is 0.356 e. The standard InChI is InChI=1S/C9H16N2O.C2H6/c12-8-7-9(3-6-11-8)1-4-10-5-2-9;1-2/h10H,1-7H2,(H,11,12);1-2H3. The molecule has 1 spiro atoms. The smallest absolute Gasteiger partial charge is 0.220 e. The van der Waals surface area contributed by atoms with Crippen LogP contribution in [0, 0.1) is 5.41 Å². The topological polar surface area (TPSA) is 41.1 Å². The SMILES string of the molecule is CC.O=C1CC2(CCNCC2)CCN1. The molecule has 0 unspecified atom stereocenters. The summed E-state index contributed by atoms with van der Waals surface area (Å²) >= 11 is 0. The highest BCUT2D eigenvalue weighted by Crippen LogP contribution is 2.37. The summed E-state index contributed by atoms with van der Waals surface area (Å²) in [7, 11) is 0. The Morgan fingerprint density at radius 1 is 1.07 bits per heavy atom. The minimum atomic E-state index is 0.253. The molecule has 1 amide bonds. The van der Waals surface area contributed by atoms with E-state index < -0.39 is 0 Å². The number of piperidine rings is 2. The molecule has 14 heavy (non-hydrogen) atoms. The van der Waals surface area contributed by atoms with E-state index in [4.69, 9.17) is 0 Å². The summed E-state index contributed by atoms with van der Waals surface area (Å²) in [5.41, 5.74) is 0.355. The fraction of sp³-hybridized carbons (Fsp3) is 0.909. The van der Waals surface area contributed by atoms with Crippen molar-refractivity contribution in [1.82, 2.24) is 10.6 Å². The highest BCUT2D eigenvalue weighted by Gasteiger charge is 2.36. The number of rotatable bonds is 0. The molecular formula is C11H22N2O. The lowest BCUT2D eigenvalue weighted by Crippen LogP contribution is -2.46. The second-order valence-electron chi connectivity index (χ2n) is 4.03. The van der Waals surface area contributed by atoms with Crippen LogP contribution in [0.2, 0.25) is 0 Å². The van der Waals surface area contributed by atoms with Gasteiger partial charge in [0.25, 0.3) is 0 Å². The highest BCUT2D eigenvalue weighted by atomic mass is 16.1. The van der Waals surface area contributed by atoms with Crippen molar-refractivity contribution in [2.45, 2.75) is 39.5 Å². The number of nitrogens with one attached hydrogen (secondary N) is 2. The van der Waals surface area contributed by atoms with Gasteiger partial charge in [-0.05, 0) is 37.8 Å². The minimum Gasteiger partial charge on any atom is -0.356 e. The van der Waals surface area contributed by atoms with E-state index in [1.165, 1.54) is 19.3 Å². The Bertz CT molecular complexity index is 180. The third kappa shape index (κ3) is 2.71. The Morgan fingerprint density at radius 3 is 2.21 bits per heavy atom. The Morgan fingerprint density at radius 2 is 1.64 bits per heavy atom. The number of carbonyl (C=O) groups excluding carboxylic acids is 1. The van der Waals surface area contributed by atoms with Crippen LogP contribution in [0.25, 0.3) is 0 Å². The lowest BCUT2D eigenvalue weighted by molar-refractivity contribution is -0.126.